The normalized spacial score (nSPS) is 10.0. The lowest BCUT2D eigenvalue weighted by atomic mass is 10.0. The van der Waals surface area contributed by atoms with E-state index in [9.17, 15) is 9.59 Å². The van der Waals surface area contributed by atoms with Gasteiger partial charge in [-0.05, 0) is 24.0 Å². The van der Waals surface area contributed by atoms with Gasteiger partial charge in [0, 0.05) is 19.2 Å². The third kappa shape index (κ3) is 4.74. The number of carbonyl (C=O) groups is 2. The number of nitrogens with zero attached hydrogens (tertiary/aromatic N) is 1. The molecule has 0 aromatic heterocycles. The zero-order chi connectivity index (χ0) is 15.8. The van der Waals surface area contributed by atoms with E-state index in [2.05, 4.69) is 25.7 Å². The fourth-order valence-electron chi connectivity index (χ4n) is 2.22. The van der Waals surface area contributed by atoms with Crippen molar-refractivity contribution in [3.8, 4) is 0 Å². The van der Waals surface area contributed by atoms with Crippen LogP contribution in [-0.4, -0.2) is 29.8 Å². The molecular formula is C17H24N2O2. The molecule has 4 nitrogen and oxygen atoms in total. The average molecular weight is 288 g/mol. The standard InChI is InChI=1S/C17H24N2O2/c1-5-11-19(13(4)20)12-16(21)18-17-14(6-2)9-8-10-15(17)7-3/h5,8-10H,1,6-7,11-12H2,2-4H3,(H,18,21). The zero-order valence-corrected chi connectivity index (χ0v) is 13.1. The lowest BCUT2D eigenvalue weighted by Crippen LogP contribution is -2.36. The molecule has 1 aromatic rings. The molecule has 0 atom stereocenters. The van der Waals surface area contributed by atoms with Gasteiger partial charge >= 0.3 is 0 Å². The monoisotopic (exact) mass is 288 g/mol. The SMILES string of the molecule is C=CCN(CC(=O)Nc1c(CC)cccc1CC)C(C)=O. The molecule has 0 fully saturated rings. The second-order valence-electron chi connectivity index (χ2n) is 4.89. The molecule has 0 aliphatic rings. The number of rotatable bonds is 7. The van der Waals surface area contributed by atoms with E-state index in [0.29, 0.717) is 6.54 Å². The number of benzene rings is 1. The molecule has 0 unspecified atom stereocenters. The molecule has 4 heteroatoms. The van der Waals surface area contributed by atoms with Gasteiger partial charge in [0.25, 0.3) is 0 Å². The third-order valence-corrected chi connectivity index (χ3v) is 3.39. The molecule has 1 aromatic carbocycles. The van der Waals surface area contributed by atoms with Crippen molar-refractivity contribution in [3.63, 3.8) is 0 Å². The number of amides is 2. The molecule has 0 saturated heterocycles. The van der Waals surface area contributed by atoms with Crippen molar-refractivity contribution >= 4 is 17.5 Å². The Labute approximate surface area is 126 Å². The van der Waals surface area contributed by atoms with Crippen LogP contribution in [0.4, 0.5) is 5.69 Å². The van der Waals surface area contributed by atoms with Crippen molar-refractivity contribution in [1.29, 1.82) is 0 Å². The van der Waals surface area contributed by atoms with Gasteiger partial charge in [-0.3, -0.25) is 9.59 Å². The van der Waals surface area contributed by atoms with Crippen molar-refractivity contribution in [2.75, 3.05) is 18.4 Å². The molecule has 2 amide bonds. The van der Waals surface area contributed by atoms with E-state index in [0.717, 1.165) is 29.7 Å². The number of aryl methyl sites for hydroxylation is 2. The van der Waals surface area contributed by atoms with Crippen LogP contribution in [0, 0.1) is 0 Å². The highest BCUT2D eigenvalue weighted by molar-refractivity contribution is 5.95. The van der Waals surface area contributed by atoms with Gasteiger partial charge in [-0.1, -0.05) is 38.1 Å². The summed E-state index contributed by atoms with van der Waals surface area (Å²) >= 11 is 0. The molecule has 0 heterocycles. The van der Waals surface area contributed by atoms with Crippen molar-refractivity contribution in [2.24, 2.45) is 0 Å². The highest BCUT2D eigenvalue weighted by atomic mass is 16.2. The van der Waals surface area contributed by atoms with Gasteiger partial charge in [-0.15, -0.1) is 6.58 Å². The second kappa shape index (κ2) is 8.25. The Bertz CT molecular complexity index is 501. The minimum absolute atomic E-state index is 0.0442. The lowest BCUT2D eigenvalue weighted by molar-refractivity contribution is -0.132. The summed E-state index contributed by atoms with van der Waals surface area (Å²) in [5, 5.41) is 2.96. The van der Waals surface area contributed by atoms with E-state index in [1.807, 2.05) is 18.2 Å². The minimum atomic E-state index is -0.178. The maximum atomic E-state index is 12.2. The molecule has 21 heavy (non-hydrogen) atoms. The third-order valence-electron chi connectivity index (χ3n) is 3.39. The number of anilines is 1. The Kier molecular flexibility index (Phi) is 6.66. The van der Waals surface area contributed by atoms with Crippen LogP contribution in [0.15, 0.2) is 30.9 Å². The van der Waals surface area contributed by atoms with Gasteiger partial charge in [0.1, 0.15) is 6.54 Å². The van der Waals surface area contributed by atoms with Crippen LogP contribution in [0.5, 0.6) is 0 Å². The summed E-state index contributed by atoms with van der Waals surface area (Å²) in [6.45, 7) is 9.59. The van der Waals surface area contributed by atoms with Crippen molar-refractivity contribution in [2.45, 2.75) is 33.6 Å². The van der Waals surface area contributed by atoms with E-state index in [1.165, 1.54) is 11.8 Å². The number of hydrogen-bond acceptors (Lipinski definition) is 2. The molecular weight excluding hydrogens is 264 g/mol. The zero-order valence-electron chi connectivity index (χ0n) is 13.1. The maximum absolute atomic E-state index is 12.2. The predicted molar refractivity (Wildman–Crippen MR) is 86.3 cm³/mol. The van der Waals surface area contributed by atoms with Crippen LogP contribution in [-0.2, 0) is 22.4 Å². The Morgan fingerprint density at radius 2 is 1.81 bits per heavy atom. The highest BCUT2D eigenvalue weighted by Crippen LogP contribution is 2.22. The maximum Gasteiger partial charge on any atom is 0.244 e. The van der Waals surface area contributed by atoms with Crippen LogP contribution in [0.1, 0.15) is 31.9 Å². The first-order chi connectivity index (χ1) is 10.0. The molecule has 0 radical (unpaired) electrons. The first-order valence-electron chi connectivity index (χ1n) is 7.30. The van der Waals surface area contributed by atoms with E-state index in [-0.39, 0.29) is 18.4 Å². The Morgan fingerprint density at radius 1 is 1.24 bits per heavy atom. The first-order valence-corrected chi connectivity index (χ1v) is 7.30. The molecule has 0 spiro atoms. The molecule has 0 aliphatic carbocycles. The van der Waals surface area contributed by atoms with Crippen LogP contribution >= 0.6 is 0 Å². The average Bonchev–Trinajstić information content (AvgIpc) is 2.46. The number of carbonyl (C=O) groups excluding carboxylic acids is 2. The summed E-state index contributed by atoms with van der Waals surface area (Å²) in [5.74, 6) is -0.313. The first kappa shape index (κ1) is 17.0. The van der Waals surface area contributed by atoms with Crippen molar-refractivity contribution in [1.82, 2.24) is 4.90 Å². The van der Waals surface area contributed by atoms with Gasteiger partial charge in [-0.25, -0.2) is 0 Å². The van der Waals surface area contributed by atoms with Crippen LogP contribution in [0.3, 0.4) is 0 Å². The number of para-hydroxylation sites is 1. The van der Waals surface area contributed by atoms with Gasteiger partial charge < -0.3 is 10.2 Å². The quantitative estimate of drug-likeness (QED) is 0.784. The van der Waals surface area contributed by atoms with E-state index >= 15 is 0 Å². The van der Waals surface area contributed by atoms with Crippen molar-refractivity contribution < 1.29 is 9.59 Å². The molecule has 1 N–H and O–H groups in total. The second-order valence-corrected chi connectivity index (χ2v) is 4.89. The molecule has 0 aliphatic heterocycles. The van der Waals surface area contributed by atoms with Crippen LogP contribution in [0.2, 0.25) is 0 Å². The minimum Gasteiger partial charge on any atom is -0.330 e. The molecule has 0 saturated carbocycles. The van der Waals surface area contributed by atoms with Crippen LogP contribution < -0.4 is 5.32 Å². The van der Waals surface area contributed by atoms with Gasteiger partial charge in [-0.2, -0.15) is 0 Å². The Balaban J connectivity index is 2.87. The smallest absolute Gasteiger partial charge is 0.244 e. The summed E-state index contributed by atoms with van der Waals surface area (Å²) in [6, 6.07) is 6.04. The van der Waals surface area contributed by atoms with E-state index < -0.39 is 0 Å². The Morgan fingerprint density at radius 3 is 2.24 bits per heavy atom. The summed E-state index contributed by atoms with van der Waals surface area (Å²) < 4.78 is 0. The highest BCUT2D eigenvalue weighted by Gasteiger charge is 2.14. The van der Waals surface area contributed by atoms with E-state index in [4.69, 9.17) is 0 Å². The fourth-order valence-corrected chi connectivity index (χ4v) is 2.22. The molecule has 1 rings (SSSR count). The predicted octanol–water partition coefficient (Wildman–Crippen LogP) is 2.78. The number of nitrogens with one attached hydrogen (secondary N) is 1. The summed E-state index contributed by atoms with van der Waals surface area (Å²) in [5.41, 5.74) is 3.11. The van der Waals surface area contributed by atoms with Crippen LogP contribution in [0.25, 0.3) is 0 Å². The van der Waals surface area contributed by atoms with Gasteiger partial charge in [0.2, 0.25) is 11.8 Å². The topological polar surface area (TPSA) is 49.4 Å². The lowest BCUT2D eigenvalue weighted by Gasteiger charge is -2.20. The molecule has 114 valence electrons. The van der Waals surface area contributed by atoms with Gasteiger partial charge in [0.05, 0.1) is 0 Å². The summed E-state index contributed by atoms with van der Waals surface area (Å²) in [4.78, 5) is 25.1. The van der Waals surface area contributed by atoms with E-state index in [1.54, 1.807) is 6.08 Å². The Hall–Kier alpha value is -2.10. The molecule has 0 bridgehead atoms. The fraction of sp³-hybridized carbons (Fsp3) is 0.412. The van der Waals surface area contributed by atoms with Gasteiger partial charge in [0.15, 0.2) is 0 Å². The largest absolute Gasteiger partial charge is 0.330 e. The number of hydrogen-bond donors (Lipinski definition) is 1. The summed E-state index contributed by atoms with van der Waals surface area (Å²) in [7, 11) is 0. The van der Waals surface area contributed by atoms with Crippen molar-refractivity contribution in [3.05, 3.63) is 42.0 Å². The summed E-state index contributed by atoms with van der Waals surface area (Å²) in [6.07, 6.45) is 3.32.